The first-order valence-corrected chi connectivity index (χ1v) is 15.7. The van der Waals surface area contributed by atoms with Crippen LogP contribution in [0.15, 0.2) is 48.5 Å². The fourth-order valence-corrected chi connectivity index (χ4v) is 6.19. The summed E-state index contributed by atoms with van der Waals surface area (Å²) in [5.41, 5.74) is 0. The Kier molecular flexibility index (Phi) is 9.21. The van der Waals surface area contributed by atoms with E-state index in [1.807, 2.05) is 32.0 Å². The third kappa shape index (κ3) is 7.39. The molecular formula is C22H33O4PSeSi. The molecular weight excluding hydrogens is 466 g/mol. The molecule has 2 aromatic rings. The molecule has 0 aliphatic rings. The van der Waals surface area contributed by atoms with Crippen molar-refractivity contribution >= 4 is 40.8 Å². The summed E-state index contributed by atoms with van der Waals surface area (Å²) in [7, 11) is -3.32. The van der Waals surface area contributed by atoms with Crippen LogP contribution in [0.5, 0.6) is 11.5 Å². The zero-order chi connectivity index (χ0) is 21.5. The molecule has 0 bridgehead atoms. The van der Waals surface area contributed by atoms with Crippen LogP contribution >= 0.6 is 8.60 Å². The Balaban J connectivity index is 2.34. The fourth-order valence-electron chi connectivity index (χ4n) is 2.15. The minimum atomic E-state index is -1.91. The molecule has 0 saturated heterocycles. The molecule has 0 aliphatic heterocycles. The van der Waals surface area contributed by atoms with Gasteiger partial charge < -0.3 is 0 Å². The summed E-state index contributed by atoms with van der Waals surface area (Å²) < 4.78 is 26.4. The van der Waals surface area contributed by atoms with Crippen LogP contribution < -0.4 is 17.9 Å². The van der Waals surface area contributed by atoms with Gasteiger partial charge in [-0.25, -0.2) is 0 Å². The van der Waals surface area contributed by atoms with Crippen molar-refractivity contribution < 1.29 is 18.0 Å². The molecule has 0 spiro atoms. The monoisotopic (exact) mass is 500 g/mol. The third-order valence-corrected chi connectivity index (χ3v) is 12.5. The van der Waals surface area contributed by atoms with E-state index >= 15 is 0 Å². The fraction of sp³-hybridized carbons (Fsp3) is 0.455. The van der Waals surface area contributed by atoms with Crippen LogP contribution in [0.3, 0.4) is 0 Å². The van der Waals surface area contributed by atoms with Gasteiger partial charge in [-0.05, 0) is 0 Å². The van der Waals surface area contributed by atoms with E-state index in [2.05, 4.69) is 64.2 Å². The van der Waals surface area contributed by atoms with Crippen molar-refractivity contribution in [2.24, 2.45) is 0 Å². The van der Waals surface area contributed by atoms with E-state index in [-0.39, 0.29) is 20.0 Å². The van der Waals surface area contributed by atoms with Crippen molar-refractivity contribution in [3.8, 4) is 11.5 Å². The zero-order valence-corrected chi connectivity index (χ0v) is 22.1. The topological polar surface area (TPSA) is 36.9 Å². The average molecular weight is 500 g/mol. The first-order valence-electron chi connectivity index (χ1n) is 9.96. The van der Waals surface area contributed by atoms with E-state index < -0.39 is 16.9 Å². The summed E-state index contributed by atoms with van der Waals surface area (Å²) in [5, 5.41) is 0.144. The molecule has 0 N–H and O–H groups in total. The quantitative estimate of drug-likeness (QED) is 0.324. The number of benzene rings is 2. The van der Waals surface area contributed by atoms with E-state index in [0.29, 0.717) is 13.2 Å². The summed E-state index contributed by atoms with van der Waals surface area (Å²) in [4.78, 5) is 0. The summed E-state index contributed by atoms with van der Waals surface area (Å²) in [5.74, 6) is 1.72. The number of hydrogen-bond acceptors (Lipinski definition) is 4. The second kappa shape index (κ2) is 10.9. The Labute approximate surface area is 184 Å². The molecule has 0 saturated carbocycles. The van der Waals surface area contributed by atoms with Crippen molar-refractivity contribution in [2.75, 3.05) is 13.2 Å². The van der Waals surface area contributed by atoms with Gasteiger partial charge in [-0.2, -0.15) is 0 Å². The maximum atomic E-state index is 6.54. The molecule has 0 unspecified atom stereocenters. The van der Waals surface area contributed by atoms with Gasteiger partial charge >= 0.3 is 185 Å². The molecule has 0 amide bonds. The van der Waals surface area contributed by atoms with E-state index in [1.54, 1.807) is 0 Å². The Morgan fingerprint density at radius 2 is 1.55 bits per heavy atom. The standard InChI is InChI=1S/C22H33O4PSeSi/c1-8-23-27(24-9-2)25-20-16-15-18(26-29(6,7)22(3,4)5)17-21(20)28-19-13-11-10-12-14-19/h10-17H,8-9H2,1-7H3. The predicted octanol–water partition coefficient (Wildman–Crippen LogP) is 5.40. The number of rotatable bonds is 10. The van der Waals surface area contributed by atoms with Gasteiger partial charge in [0.15, 0.2) is 0 Å². The minimum absolute atomic E-state index is 0.0861. The van der Waals surface area contributed by atoms with Crippen LogP contribution in [-0.4, -0.2) is 36.5 Å². The second-order valence-corrected chi connectivity index (χ2v) is 16.2. The first-order chi connectivity index (χ1) is 13.7. The van der Waals surface area contributed by atoms with Gasteiger partial charge in [0.2, 0.25) is 0 Å². The Hall–Kier alpha value is -0.874. The van der Waals surface area contributed by atoms with Crippen molar-refractivity contribution in [3.63, 3.8) is 0 Å². The third-order valence-electron chi connectivity index (χ3n) is 4.71. The molecule has 0 aromatic heterocycles. The second-order valence-electron chi connectivity index (χ2n) is 8.04. The molecule has 0 radical (unpaired) electrons. The van der Waals surface area contributed by atoms with Gasteiger partial charge in [0.1, 0.15) is 0 Å². The summed E-state index contributed by atoms with van der Waals surface area (Å²) in [6.07, 6.45) is 0. The van der Waals surface area contributed by atoms with Crippen LogP contribution in [0.1, 0.15) is 34.6 Å². The van der Waals surface area contributed by atoms with Crippen LogP contribution in [0.2, 0.25) is 18.1 Å². The Morgan fingerprint density at radius 3 is 2.10 bits per heavy atom. The van der Waals surface area contributed by atoms with Crippen LogP contribution in [0.25, 0.3) is 0 Å². The molecule has 7 heteroatoms. The van der Waals surface area contributed by atoms with Gasteiger partial charge in [0, 0.05) is 0 Å². The Bertz CT molecular complexity index is 759. The average Bonchev–Trinajstić information content (AvgIpc) is 2.64. The van der Waals surface area contributed by atoms with E-state index in [0.717, 1.165) is 16.0 Å². The van der Waals surface area contributed by atoms with E-state index in [4.69, 9.17) is 18.0 Å². The van der Waals surface area contributed by atoms with Gasteiger partial charge in [0.05, 0.1) is 0 Å². The molecule has 0 fully saturated rings. The maximum absolute atomic E-state index is 6.54. The SMILES string of the molecule is CCOP(OCC)Oc1ccc(O[Si](C)(C)C(C)(C)C)cc1[Se]c1ccccc1. The first kappa shape index (κ1) is 24.4. The van der Waals surface area contributed by atoms with Gasteiger partial charge in [-0.15, -0.1) is 0 Å². The molecule has 0 aliphatic carbocycles. The summed E-state index contributed by atoms with van der Waals surface area (Å²) >= 11 is 0.0861. The summed E-state index contributed by atoms with van der Waals surface area (Å²) in [6.45, 7) is 16.3. The molecule has 160 valence electrons. The predicted molar refractivity (Wildman–Crippen MR) is 127 cm³/mol. The summed E-state index contributed by atoms with van der Waals surface area (Å²) in [6, 6.07) is 16.6. The normalized spacial score (nSPS) is 12.3. The van der Waals surface area contributed by atoms with Gasteiger partial charge in [-0.3, -0.25) is 0 Å². The molecule has 4 nitrogen and oxygen atoms in total. The molecule has 29 heavy (non-hydrogen) atoms. The Morgan fingerprint density at radius 1 is 0.931 bits per heavy atom. The van der Waals surface area contributed by atoms with Crippen LogP contribution in [0.4, 0.5) is 0 Å². The van der Waals surface area contributed by atoms with Crippen molar-refractivity contribution in [2.45, 2.75) is 52.8 Å². The van der Waals surface area contributed by atoms with Crippen molar-refractivity contribution in [1.29, 1.82) is 0 Å². The van der Waals surface area contributed by atoms with Gasteiger partial charge in [0.25, 0.3) is 0 Å². The molecule has 2 rings (SSSR count). The molecule has 0 atom stereocenters. The van der Waals surface area contributed by atoms with Gasteiger partial charge in [-0.1, -0.05) is 0 Å². The molecule has 0 heterocycles. The van der Waals surface area contributed by atoms with Crippen LogP contribution in [-0.2, 0) is 9.05 Å². The van der Waals surface area contributed by atoms with E-state index in [9.17, 15) is 0 Å². The number of hydrogen-bond donors (Lipinski definition) is 0. The van der Waals surface area contributed by atoms with E-state index in [1.165, 1.54) is 4.46 Å². The van der Waals surface area contributed by atoms with Crippen molar-refractivity contribution in [3.05, 3.63) is 48.5 Å². The molecule has 2 aromatic carbocycles. The van der Waals surface area contributed by atoms with Crippen molar-refractivity contribution in [1.82, 2.24) is 0 Å². The van der Waals surface area contributed by atoms with Crippen LogP contribution in [0, 0.1) is 0 Å². The zero-order valence-electron chi connectivity index (χ0n) is 18.5.